The van der Waals surface area contributed by atoms with Gasteiger partial charge in [-0.05, 0) is 33.1 Å². The quantitative estimate of drug-likeness (QED) is 0.549. The van der Waals surface area contributed by atoms with Gasteiger partial charge in [-0.3, -0.25) is 0 Å². The summed E-state index contributed by atoms with van der Waals surface area (Å²) in [5.41, 5.74) is 1.13. The van der Waals surface area contributed by atoms with Crippen LogP contribution in [0.25, 0.3) is 0 Å². The van der Waals surface area contributed by atoms with Crippen molar-refractivity contribution in [3.8, 4) is 0 Å². The summed E-state index contributed by atoms with van der Waals surface area (Å²) in [4.78, 5) is 5.31. The molecule has 0 aromatic rings. The lowest BCUT2D eigenvalue weighted by molar-refractivity contribution is -0.0458. The van der Waals surface area contributed by atoms with E-state index in [4.69, 9.17) is 4.84 Å². The Labute approximate surface area is 62.3 Å². The first-order chi connectivity index (χ1) is 4.66. The van der Waals surface area contributed by atoms with Crippen molar-refractivity contribution >= 4 is 5.71 Å². The summed E-state index contributed by atoms with van der Waals surface area (Å²) < 4.78 is 0. The Morgan fingerprint density at radius 1 is 1.70 bits per heavy atom. The SMILES string of the molecule is CCC1(C)CCC(C)=NO1. The van der Waals surface area contributed by atoms with Gasteiger partial charge in [0.15, 0.2) is 0 Å². The number of rotatable bonds is 1. The highest BCUT2D eigenvalue weighted by molar-refractivity contribution is 5.81. The summed E-state index contributed by atoms with van der Waals surface area (Å²) in [6.07, 6.45) is 3.24. The molecule has 0 bridgehead atoms. The number of hydrogen-bond acceptors (Lipinski definition) is 2. The Hall–Kier alpha value is -0.530. The Morgan fingerprint density at radius 3 is 2.80 bits per heavy atom. The molecule has 0 aromatic carbocycles. The highest BCUT2D eigenvalue weighted by atomic mass is 16.6. The van der Waals surface area contributed by atoms with Crippen LogP contribution in [0.15, 0.2) is 5.16 Å². The van der Waals surface area contributed by atoms with Crippen LogP contribution in [0.3, 0.4) is 0 Å². The van der Waals surface area contributed by atoms with Gasteiger partial charge in [0.05, 0.1) is 5.71 Å². The zero-order chi connectivity index (χ0) is 7.61. The first-order valence-electron chi connectivity index (χ1n) is 3.88. The van der Waals surface area contributed by atoms with Crippen molar-refractivity contribution in [1.82, 2.24) is 0 Å². The number of hydrogen-bond donors (Lipinski definition) is 0. The van der Waals surface area contributed by atoms with E-state index in [0.29, 0.717) is 0 Å². The molecule has 0 saturated carbocycles. The second-order valence-electron chi connectivity index (χ2n) is 3.22. The van der Waals surface area contributed by atoms with Gasteiger partial charge in [0, 0.05) is 0 Å². The molecule has 1 aliphatic heterocycles. The largest absolute Gasteiger partial charge is 0.390 e. The van der Waals surface area contributed by atoms with Crippen LogP contribution in [0, 0.1) is 0 Å². The molecule has 1 aliphatic rings. The molecule has 0 amide bonds. The van der Waals surface area contributed by atoms with E-state index in [1.54, 1.807) is 0 Å². The molecule has 0 N–H and O–H groups in total. The number of oxime groups is 1. The second-order valence-corrected chi connectivity index (χ2v) is 3.22. The van der Waals surface area contributed by atoms with E-state index in [1.807, 2.05) is 6.92 Å². The Bertz CT molecular complexity index is 153. The van der Waals surface area contributed by atoms with E-state index in [1.165, 1.54) is 0 Å². The maximum atomic E-state index is 5.31. The fraction of sp³-hybridized carbons (Fsp3) is 0.875. The summed E-state index contributed by atoms with van der Waals surface area (Å²) in [6, 6.07) is 0. The fourth-order valence-corrected chi connectivity index (χ4v) is 0.966. The van der Waals surface area contributed by atoms with E-state index >= 15 is 0 Å². The maximum absolute atomic E-state index is 5.31. The van der Waals surface area contributed by atoms with Gasteiger partial charge in [0.25, 0.3) is 0 Å². The molecule has 0 aromatic heterocycles. The lowest BCUT2D eigenvalue weighted by Gasteiger charge is -2.29. The van der Waals surface area contributed by atoms with Crippen molar-refractivity contribution in [3.05, 3.63) is 0 Å². The zero-order valence-corrected chi connectivity index (χ0v) is 6.98. The third-order valence-electron chi connectivity index (χ3n) is 2.19. The molecule has 0 radical (unpaired) electrons. The smallest absolute Gasteiger partial charge is 0.135 e. The predicted molar refractivity (Wildman–Crippen MR) is 42.1 cm³/mol. The standard InChI is InChI=1S/C8H15NO/c1-4-8(3)6-5-7(2)9-10-8/h4-6H2,1-3H3. The topological polar surface area (TPSA) is 21.6 Å². The minimum absolute atomic E-state index is 0.0134. The van der Waals surface area contributed by atoms with Gasteiger partial charge < -0.3 is 4.84 Å². The molecule has 0 aliphatic carbocycles. The molecule has 1 heterocycles. The molecule has 1 atom stereocenters. The highest BCUT2D eigenvalue weighted by Crippen LogP contribution is 2.25. The lowest BCUT2D eigenvalue weighted by Crippen LogP contribution is -2.29. The van der Waals surface area contributed by atoms with Gasteiger partial charge in [-0.15, -0.1) is 0 Å². The van der Waals surface area contributed by atoms with Crippen molar-refractivity contribution in [2.24, 2.45) is 5.16 Å². The molecular formula is C8H15NO. The first kappa shape index (κ1) is 7.58. The van der Waals surface area contributed by atoms with Gasteiger partial charge >= 0.3 is 0 Å². The minimum atomic E-state index is 0.0134. The molecule has 0 saturated heterocycles. The van der Waals surface area contributed by atoms with Crippen LogP contribution in [-0.4, -0.2) is 11.3 Å². The zero-order valence-electron chi connectivity index (χ0n) is 6.98. The summed E-state index contributed by atoms with van der Waals surface area (Å²) in [6.45, 7) is 6.26. The molecule has 10 heavy (non-hydrogen) atoms. The van der Waals surface area contributed by atoms with Crippen LogP contribution in [0.1, 0.15) is 40.0 Å². The van der Waals surface area contributed by atoms with Gasteiger partial charge in [-0.2, -0.15) is 0 Å². The summed E-state index contributed by atoms with van der Waals surface area (Å²) in [5.74, 6) is 0. The number of nitrogens with zero attached hydrogens (tertiary/aromatic N) is 1. The van der Waals surface area contributed by atoms with E-state index in [9.17, 15) is 0 Å². The van der Waals surface area contributed by atoms with Crippen LogP contribution in [0.5, 0.6) is 0 Å². The Morgan fingerprint density at radius 2 is 2.40 bits per heavy atom. The first-order valence-corrected chi connectivity index (χ1v) is 3.88. The van der Waals surface area contributed by atoms with E-state index < -0.39 is 0 Å². The van der Waals surface area contributed by atoms with Crippen LogP contribution in [-0.2, 0) is 4.84 Å². The van der Waals surface area contributed by atoms with E-state index in [-0.39, 0.29) is 5.60 Å². The molecule has 0 fully saturated rings. The molecular weight excluding hydrogens is 126 g/mol. The fourth-order valence-electron chi connectivity index (χ4n) is 0.966. The van der Waals surface area contributed by atoms with E-state index in [0.717, 1.165) is 25.0 Å². The predicted octanol–water partition coefficient (Wildman–Crippen LogP) is 2.34. The Balaban J connectivity index is 2.56. The average molecular weight is 141 g/mol. The van der Waals surface area contributed by atoms with Crippen LogP contribution in [0.2, 0.25) is 0 Å². The monoisotopic (exact) mass is 141 g/mol. The van der Waals surface area contributed by atoms with Gasteiger partial charge in [-0.1, -0.05) is 12.1 Å². The van der Waals surface area contributed by atoms with Crippen molar-refractivity contribution in [2.75, 3.05) is 0 Å². The second kappa shape index (κ2) is 2.60. The molecule has 1 unspecified atom stereocenters. The molecule has 0 spiro atoms. The normalized spacial score (nSPS) is 32.9. The minimum Gasteiger partial charge on any atom is -0.390 e. The summed E-state index contributed by atoms with van der Waals surface area (Å²) in [7, 11) is 0. The van der Waals surface area contributed by atoms with Crippen molar-refractivity contribution < 1.29 is 4.84 Å². The van der Waals surface area contributed by atoms with Gasteiger partial charge in [-0.25, -0.2) is 0 Å². The van der Waals surface area contributed by atoms with Crippen molar-refractivity contribution in [3.63, 3.8) is 0 Å². The molecule has 2 nitrogen and oxygen atoms in total. The highest BCUT2D eigenvalue weighted by Gasteiger charge is 2.26. The van der Waals surface area contributed by atoms with Crippen LogP contribution >= 0.6 is 0 Å². The van der Waals surface area contributed by atoms with Crippen molar-refractivity contribution in [2.45, 2.75) is 45.6 Å². The Kier molecular flexibility index (Phi) is 1.97. The molecule has 1 rings (SSSR count). The average Bonchev–Trinajstić information content (AvgIpc) is 1.96. The maximum Gasteiger partial charge on any atom is 0.135 e. The third-order valence-corrected chi connectivity index (χ3v) is 2.19. The summed E-state index contributed by atoms with van der Waals surface area (Å²) >= 11 is 0. The molecule has 2 heteroatoms. The van der Waals surface area contributed by atoms with Crippen LogP contribution in [0.4, 0.5) is 0 Å². The van der Waals surface area contributed by atoms with Crippen molar-refractivity contribution in [1.29, 1.82) is 0 Å². The lowest BCUT2D eigenvalue weighted by atomic mass is 9.95. The van der Waals surface area contributed by atoms with Gasteiger partial charge in [0.2, 0.25) is 0 Å². The molecule has 58 valence electrons. The third kappa shape index (κ3) is 1.49. The summed E-state index contributed by atoms with van der Waals surface area (Å²) in [5, 5.41) is 3.97. The van der Waals surface area contributed by atoms with Crippen LogP contribution < -0.4 is 0 Å². The van der Waals surface area contributed by atoms with E-state index in [2.05, 4.69) is 19.0 Å². The van der Waals surface area contributed by atoms with Gasteiger partial charge in [0.1, 0.15) is 5.60 Å².